The topological polar surface area (TPSA) is 21.3 Å². The van der Waals surface area contributed by atoms with E-state index in [1.165, 1.54) is 10.4 Å². The van der Waals surface area contributed by atoms with E-state index in [0.29, 0.717) is 12.0 Å². The molecule has 2 heterocycles. The van der Waals surface area contributed by atoms with Crippen LogP contribution in [0.2, 0.25) is 4.34 Å². The van der Waals surface area contributed by atoms with Crippen LogP contribution >= 0.6 is 22.9 Å². The minimum atomic E-state index is 0.429. The lowest BCUT2D eigenvalue weighted by atomic mass is 9.88. The average molecular weight is 322 g/mol. The summed E-state index contributed by atoms with van der Waals surface area (Å²) < 4.78 is 6.81. The number of hydrogen-bond donors (Lipinski definition) is 1. The number of rotatable bonds is 5. The van der Waals surface area contributed by atoms with Gasteiger partial charge in [0.2, 0.25) is 0 Å². The number of para-hydroxylation sites is 1. The van der Waals surface area contributed by atoms with E-state index in [9.17, 15) is 0 Å². The lowest BCUT2D eigenvalue weighted by Gasteiger charge is -2.32. The maximum Gasteiger partial charge on any atom is 0.122 e. The van der Waals surface area contributed by atoms with Crippen molar-refractivity contribution in [2.75, 3.05) is 13.2 Å². The molecule has 0 fully saturated rings. The van der Waals surface area contributed by atoms with Crippen LogP contribution in [-0.4, -0.2) is 19.2 Å². The van der Waals surface area contributed by atoms with E-state index in [1.54, 1.807) is 11.3 Å². The number of likely N-dealkylation sites (N-methyl/N-ethyl adjacent to an activating group) is 1. The molecule has 1 aromatic carbocycles. The Morgan fingerprint density at radius 3 is 2.95 bits per heavy atom. The molecule has 2 nitrogen and oxygen atoms in total. The maximum atomic E-state index is 6.05. The van der Waals surface area contributed by atoms with Crippen LogP contribution in [-0.2, 0) is 12.8 Å². The Hall–Kier alpha value is -1.03. The highest BCUT2D eigenvalue weighted by molar-refractivity contribution is 7.16. The van der Waals surface area contributed by atoms with Gasteiger partial charge in [-0.1, -0.05) is 36.7 Å². The average Bonchev–Trinajstić information content (AvgIpc) is 2.91. The molecule has 112 valence electrons. The molecule has 4 heteroatoms. The second-order valence-corrected chi connectivity index (χ2v) is 7.26. The maximum absolute atomic E-state index is 6.05. The van der Waals surface area contributed by atoms with Crippen molar-refractivity contribution in [2.24, 2.45) is 5.92 Å². The Kier molecular flexibility index (Phi) is 4.84. The smallest absolute Gasteiger partial charge is 0.122 e. The van der Waals surface area contributed by atoms with E-state index in [2.05, 4.69) is 36.5 Å². The number of hydrogen-bond acceptors (Lipinski definition) is 3. The first-order valence-corrected chi connectivity index (χ1v) is 8.64. The predicted molar refractivity (Wildman–Crippen MR) is 89.6 cm³/mol. The molecule has 1 N–H and O–H groups in total. The highest BCUT2D eigenvalue weighted by atomic mass is 35.5. The van der Waals surface area contributed by atoms with Crippen LogP contribution in [0.15, 0.2) is 36.4 Å². The van der Waals surface area contributed by atoms with Crippen molar-refractivity contribution in [3.8, 4) is 5.75 Å². The Bertz CT molecular complexity index is 598. The first-order valence-electron chi connectivity index (χ1n) is 7.44. The van der Waals surface area contributed by atoms with Gasteiger partial charge in [0.15, 0.2) is 0 Å². The molecule has 2 aromatic rings. The summed E-state index contributed by atoms with van der Waals surface area (Å²) in [6.07, 6.45) is 2.09. The zero-order chi connectivity index (χ0) is 14.7. The van der Waals surface area contributed by atoms with Crippen LogP contribution < -0.4 is 10.1 Å². The molecule has 0 bridgehead atoms. The van der Waals surface area contributed by atoms with E-state index in [-0.39, 0.29) is 0 Å². The fourth-order valence-electron chi connectivity index (χ4n) is 2.96. The van der Waals surface area contributed by atoms with Crippen molar-refractivity contribution in [1.29, 1.82) is 0 Å². The fourth-order valence-corrected chi connectivity index (χ4v) is 4.10. The van der Waals surface area contributed by atoms with Crippen molar-refractivity contribution in [3.63, 3.8) is 0 Å². The van der Waals surface area contributed by atoms with Gasteiger partial charge < -0.3 is 10.1 Å². The number of ether oxygens (including phenoxy) is 1. The Balaban J connectivity index is 1.72. The number of nitrogens with one attached hydrogen (secondary N) is 1. The molecule has 0 spiro atoms. The molecule has 0 amide bonds. The van der Waals surface area contributed by atoms with Gasteiger partial charge in [-0.15, -0.1) is 11.3 Å². The van der Waals surface area contributed by atoms with Crippen LogP contribution in [0.25, 0.3) is 0 Å². The normalized spacial score (nSPS) is 18.9. The number of halogens is 1. The zero-order valence-electron chi connectivity index (χ0n) is 12.1. The highest BCUT2D eigenvalue weighted by Gasteiger charge is 2.27. The van der Waals surface area contributed by atoms with E-state index < -0.39 is 0 Å². The summed E-state index contributed by atoms with van der Waals surface area (Å²) in [5.74, 6) is 1.55. The van der Waals surface area contributed by atoms with Crippen LogP contribution in [0, 0.1) is 5.92 Å². The number of benzene rings is 1. The number of thiophene rings is 1. The largest absolute Gasteiger partial charge is 0.493 e. The van der Waals surface area contributed by atoms with Gasteiger partial charge in [-0.05, 0) is 43.1 Å². The first-order chi connectivity index (χ1) is 10.3. The summed E-state index contributed by atoms with van der Waals surface area (Å²) in [5, 5.41) is 3.62. The van der Waals surface area contributed by atoms with Crippen molar-refractivity contribution < 1.29 is 4.74 Å². The highest BCUT2D eigenvalue weighted by Crippen LogP contribution is 2.30. The third-order valence-electron chi connectivity index (χ3n) is 3.99. The monoisotopic (exact) mass is 321 g/mol. The Morgan fingerprint density at radius 2 is 2.19 bits per heavy atom. The molecule has 1 aliphatic heterocycles. The SMILES string of the molecule is CCNC(Cc1ccc(Cl)s1)C1COc2ccccc2C1. The summed E-state index contributed by atoms with van der Waals surface area (Å²) in [5.41, 5.74) is 1.32. The molecule has 0 saturated heterocycles. The van der Waals surface area contributed by atoms with Gasteiger partial charge in [-0.25, -0.2) is 0 Å². The molecule has 1 aromatic heterocycles. The lowest BCUT2D eigenvalue weighted by molar-refractivity contribution is 0.184. The first kappa shape index (κ1) is 14.9. The molecule has 0 aliphatic carbocycles. The molecule has 2 unspecified atom stereocenters. The molecule has 21 heavy (non-hydrogen) atoms. The van der Waals surface area contributed by atoms with Gasteiger partial charge in [-0.2, -0.15) is 0 Å². The predicted octanol–water partition coefficient (Wildman–Crippen LogP) is 4.17. The summed E-state index contributed by atoms with van der Waals surface area (Å²) in [4.78, 5) is 1.34. The fraction of sp³-hybridized carbons (Fsp3) is 0.412. The van der Waals surface area contributed by atoms with Crippen molar-refractivity contribution >= 4 is 22.9 Å². The summed E-state index contributed by atoms with van der Waals surface area (Å²) in [6, 6.07) is 12.9. The quantitative estimate of drug-likeness (QED) is 0.892. The lowest BCUT2D eigenvalue weighted by Crippen LogP contribution is -2.43. The van der Waals surface area contributed by atoms with Gasteiger partial charge in [0.25, 0.3) is 0 Å². The van der Waals surface area contributed by atoms with Gasteiger partial charge in [-0.3, -0.25) is 0 Å². The Labute approximate surface area is 135 Å². The number of fused-ring (bicyclic) bond motifs is 1. The third kappa shape index (κ3) is 3.60. The van der Waals surface area contributed by atoms with Crippen molar-refractivity contribution in [1.82, 2.24) is 5.32 Å². The Morgan fingerprint density at radius 1 is 1.33 bits per heavy atom. The molecular formula is C17H20ClNOS. The van der Waals surface area contributed by atoms with Gasteiger partial charge in [0.1, 0.15) is 5.75 Å². The van der Waals surface area contributed by atoms with Crippen LogP contribution in [0.3, 0.4) is 0 Å². The molecule has 2 atom stereocenters. The third-order valence-corrected chi connectivity index (χ3v) is 5.25. The van der Waals surface area contributed by atoms with Crippen molar-refractivity contribution in [2.45, 2.75) is 25.8 Å². The van der Waals surface area contributed by atoms with Gasteiger partial charge in [0, 0.05) is 16.8 Å². The van der Waals surface area contributed by atoms with Crippen molar-refractivity contribution in [3.05, 3.63) is 51.2 Å². The minimum absolute atomic E-state index is 0.429. The molecule has 0 radical (unpaired) electrons. The summed E-state index contributed by atoms with van der Waals surface area (Å²) >= 11 is 7.72. The van der Waals surface area contributed by atoms with E-state index in [1.807, 2.05) is 12.1 Å². The van der Waals surface area contributed by atoms with Crippen LogP contribution in [0.1, 0.15) is 17.4 Å². The second kappa shape index (κ2) is 6.82. The van der Waals surface area contributed by atoms with Gasteiger partial charge >= 0.3 is 0 Å². The minimum Gasteiger partial charge on any atom is -0.493 e. The van der Waals surface area contributed by atoms with Gasteiger partial charge in [0.05, 0.1) is 10.9 Å². The van der Waals surface area contributed by atoms with E-state index in [0.717, 1.165) is 36.1 Å². The van der Waals surface area contributed by atoms with E-state index in [4.69, 9.17) is 16.3 Å². The molecular weight excluding hydrogens is 302 g/mol. The van der Waals surface area contributed by atoms with Crippen LogP contribution in [0.4, 0.5) is 0 Å². The van der Waals surface area contributed by atoms with E-state index >= 15 is 0 Å². The molecule has 1 aliphatic rings. The zero-order valence-corrected chi connectivity index (χ0v) is 13.7. The molecule has 3 rings (SSSR count). The molecule has 0 saturated carbocycles. The summed E-state index contributed by atoms with van der Waals surface area (Å²) in [6.45, 7) is 3.92. The summed E-state index contributed by atoms with van der Waals surface area (Å²) in [7, 11) is 0. The standard InChI is InChI=1S/C17H20ClNOS/c1-2-19-15(10-14-7-8-17(18)21-14)13-9-12-5-3-4-6-16(12)20-11-13/h3-8,13,15,19H,2,9-11H2,1H3. The van der Waals surface area contributed by atoms with Crippen LogP contribution in [0.5, 0.6) is 5.75 Å². The second-order valence-electron chi connectivity index (χ2n) is 5.46.